The molecule has 0 saturated heterocycles. The number of nitrogen functional groups attached to an aromatic ring is 1. The Hall–Kier alpha value is -2.62. The lowest BCUT2D eigenvalue weighted by atomic mass is 10.1. The SMILES string of the molecule is Nc1cccc(-c2nc3n(n2)Cc2ccccc2-3)c1. The Morgan fingerprint density at radius 3 is 2.84 bits per heavy atom. The molecule has 0 unspecified atom stereocenters. The molecule has 0 bridgehead atoms. The van der Waals surface area contributed by atoms with Crippen molar-refractivity contribution >= 4 is 5.69 Å². The zero-order valence-electron chi connectivity index (χ0n) is 10.2. The average molecular weight is 248 g/mol. The number of nitrogens with zero attached hydrogens (tertiary/aromatic N) is 3. The molecule has 4 rings (SSSR count). The molecular weight excluding hydrogens is 236 g/mol. The summed E-state index contributed by atoms with van der Waals surface area (Å²) in [6, 6.07) is 15.9. The third kappa shape index (κ3) is 1.53. The summed E-state index contributed by atoms with van der Waals surface area (Å²) < 4.78 is 1.95. The van der Waals surface area contributed by atoms with Crippen LogP contribution in [-0.4, -0.2) is 14.8 Å². The van der Waals surface area contributed by atoms with Gasteiger partial charge in [0.25, 0.3) is 0 Å². The van der Waals surface area contributed by atoms with E-state index < -0.39 is 0 Å². The van der Waals surface area contributed by atoms with E-state index in [0.717, 1.165) is 29.4 Å². The van der Waals surface area contributed by atoms with Crippen LogP contribution in [0.3, 0.4) is 0 Å². The van der Waals surface area contributed by atoms with Gasteiger partial charge < -0.3 is 5.73 Å². The highest BCUT2D eigenvalue weighted by Gasteiger charge is 2.22. The van der Waals surface area contributed by atoms with Crippen LogP contribution in [0.2, 0.25) is 0 Å². The molecule has 1 aromatic heterocycles. The maximum absolute atomic E-state index is 5.80. The Kier molecular flexibility index (Phi) is 2.00. The molecule has 1 aliphatic heterocycles. The minimum Gasteiger partial charge on any atom is -0.399 e. The molecule has 2 aromatic carbocycles. The van der Waals surface area contributed by atoms with Crippen LogP contribution >= 0.6 is 0 Å². The first kappa shape index (κ1) is 10.3. The molecular formula is C15H12N4. The maximum atomic E-state index is 5.80. The van der Waals surface area contributed by atoms with Crippen molar-refractivity contribution in [3.8, 4) is 22.8 Å². The van der Waals surface area contributed by atoms with Crippen molar-refractivity contribution in [3.63, 3.8) is 0 Å². The van der Waals surface area contributed by atoms with Gasteiger partial charge in [0.1, 0.15) is 0 Å². The van der Waals surface area contributed by atoms with Crippen LogP contribution in [0.25, 0.3) is 22.8 Å². The maximum Gasteiger partial charge on any atom is 0.181 e. The van der Waals surface area contributed by atoms with E-state index in [-0.39, 0.29) is 0 Å². The van der Waals surface area contributed by atoms with Crippen molar-refractivity contribution in [2.24, 2.45) is 0 Å². The van der Waals surface area contributed by atoms with Gasteiger partial charge in [-0.2, -0.15) is 5.10 Å². The molecule has 19 heavy (non-hydrogen) atoms. The van der Waals surface area contributed by atoms with Crippen molar-refractivity contribution in [1.82, 2.24) is 14.8 Å². The summed E-state index contributed by atoms with van der Waals surface area (Å²) in [6.07, 6.45) is 0. The highest BCUT2D eigenvalue weighted by Crippen LogP contribution is 2.31. The second kappa shape index (κ2) is 3.68. The summed E-state index contributed by atoms with van der Waals surface area (Å²) in [5, 5.41) is 4.57. The molecule has 2 N–H and O–H groups in total. The molecule has 4 nitrogen and oxygen atoms in total. The Bertz CT molecular complexity index is 773. The van der Waals surface area contributed by atoms with E-state index in [9.17, 15) is 0 Å². The smallest absolute Gasteiger partial charge is 0.181 e. The van der Waals surface area contributed by atoms with E-state index in [4.69, 9.17) is 5.73 Å². The van der Waals surface area contributed by atoms with Gasteiger partial charge in [-0.15, -0.1) is 0 Å². The second-order valence-corrected chi connectivity index (χ2v) is 4.70. The van der Waals surface area contributed by atoms with E-state index in [1.165, 1.54) is 11.1 Å². The van der Waals surface area contributed by atoms with Crippen LogP contribution in [0.1, 0.15) is 5.56 Å². The van der Waals surface area contributed by atoms with E-state index >= 15 is 0 Å². The average Bonchev–Trinajstić information content (AvgIpc) is 2.96. The molecule has 3 aromatic rings. The number of benzene rings is 2. The molecule has 2 heterocycles. The third-order valence-electron chi connectivity index (χ3n) is 3.39. The van der Waals surface area contributed by atoms with Gasteiger partial charge in [0.05, 0.1) is 6.54 Å². The number of aromatic nitrogens is 3. The standard InChI is InChI=1S/C15H12N4/c16-12-6-3-5-10(8-12)14-17-15-13-7-2-1-4-11(13)9-19(15)18-14/h1-8H,9,16H2. The molecule has 0 saturated carbocycles. The molecule has 0 spiro atoms. The van der Waals surface area contributed by atoms with Crippen LogP contribution in [0.5, 0.6) is 0 Å². The quantitative estimate of drug-likeness (QED) is 0.527. The minimum atomic E-state index is 0.729. The van der Waals surface area contributed by atoms with E-state index in [1.807, 2.05) is 41.1 Å². The second-order valence-electron chi connectivity index (χ2n) is 4.70. The van der Waals surface area contributed by atoms with Gasteiger partial charge in [-0.3, -0.25) is 0 Å². The predicted molar refractivity (Wildman–Crippen MR) is 74.4 cm³/mol. The first-order valence-electron chi connectivity index (χ1n) is 6.20. The first-order chi connectivity index (χ1) is 9.31. The summed E-state index contributed by atoms with van der Waals surface area (Å²) in [7, 11) is 0. The first-order valence-corrected chi connectivity index (χ1v) is 6.20. The van der Waals surface area contributed by atoms with E-state index in [0.29, 0.717) is 0 Å². The number of rotatable bonds is 1. The lowest BCUT2D eigenvalue weighted by Gasteiger charge is -1.98. The highest BCUT2D eigenvalue weighted by molar-refractivity contribution is 5.68. The van der Waals surface area contributed by atoms with Gasteiger partial charge >= 0.3 is 0 Å². The third-order valence-corrected chi connectivity index (χ3v) is 3.39. The van der Waals surface area contributed by atoms with Crippen molar-refractivity contribution in [2.75, 3.05) is 5.73 Å². The summed E-state index contributed by atoms with van der Waals surface area (Å²) in [6.45, 7) is 0.792. The lowest BCUT2D eigenvalue weighted by molar-refractivity contribution is 0.722. The minimum absolute atomic E-state index is 0.729. The summed E-state index contributed by atoms with van der Waals surface area (Å²) in [4.78, 5) is 4.64. The van der Waals surface area contributed by atoms with Gasteiger partial charge in [-0.25, -0.2) is 9.67 Å². The fourth-order valence-corrected chi connectivity index (χ4v) is 2.49. The molecule has 0 fully saturated rings. The largest absolute Gasteiger partial charge is 0.399 e. The fraction of sp³-hybridized carbons (Fsp3) is 0.0667. The summed E-state index contributed by atoms with van der Waals surface area (Å²) in [5.41, 5.74) is 9.93. The zero-order valence-corrected chi connectivity index (χ0v) is 10.2. The number of hydrogen-bond acceptors (Lipinski definition) is 3. The fourth-order valence-electron chi connectivity index (χ4n) is 2.49. The summed E-state index contributed by atoms with van der Waals surface area (Å²) >= 11 is 0. The van der Waals surface area contributed by atoms with E-state index in [2.05, 4.69) is 22.2 Å². The zero-order chi connectivity index (χ0) is 12.8. The number of fused-ring (bicyclic) bond motifs is 3. The molecule has 4 heteroatoms. The molecule has 0 amide bonds. The number of hydrogen-bond donors (Lipinski definition) is 1. The van der Waals surface area contributed by atoms with Gasteiger partial charge in [0.2, 0.25) is 0 Å². The molecule has 0 radical (unpaired) electrons. The Labute approximate surface area is 110 Å². The van der Waals surface area contributed by atoms with E-state index in [1.54, 1.807) is 0 Å². The van der Waals surface area contributed by atoms with Gasteiger partial charge in [0.15, 0.2) is 11.6 Å². The van der Waals surface area contributed by atoms with Gasteiger partial charge in [0, 0.05) is 16.8 Å². The number of anilines is 1. The van der Waals surface area contributed by atoms with Crippen LogP contribution in [0.4, 0.5) is 5.69 Å². The van der Waals surface area contributed by atoms with Crippen LogP contribution in [0.15, 0.2) is 48.5 Å². The van der Waals surface area contributed by atoms with Gasteiger partial charge in [-0.05, 0) is 17.7 Å². The Balaban J connectivity index is 1.85. The topological polar surface area (TPSA) is 56.7 Å². The molecule has 0 atom stereocenters. The monoisotopic (exact) mass is 248 g/mol. The Morgan fingerprint density at radius 2 is 1.95 bits per heavy atom. The normalized spacial score (nSPS) is 12.2. The highest BCUT2D eigenvalue weighted by atomic mass is 15.4. The lowest BCUT2D eigenvalue weighted by Crippen LogP contribution is -1.95. The van der Waals surface area contributed by atoms with Crippen molar-refractivity contribution in [1.29, 1.82) is 0 Å². The van der Waals surface area contributed by atoms with Gasteiger partial charge in [-0.1, -0.05) is 36.4 Å². The molecule has 92 valence electrons. The van der Waals surface area contributed by atoms with Crippen LogP contribution in [-0.2, 0) is 6.54 Å². The summed E-state index contributed by atoms with van der Waals surface area (Å²) in [5.74, 6) is 1.67. The van der Waals surface area contributed by atoms with Crippen molar-refractivity contribution in [3.05, 3.63) is 54.1 Å². The van der Waals surface area contributed by atoms with Crippen molar-refractivity contribution in [2.45, 2.75) is 6.54 Å². The molecule has 1 aliphatic rings. The predicted octanol–water partition coefficient (Wildman–Crippen LogP) is 2.56. The van der Waals surface area contributed by atoms with Crippen molar-refractivity contribution < 1.29 is 0 Å². The van der Waals surface area contributed by atoms with Crippen LogP contribution < -0.4 is 5.73 Å². The molecule has 0 aliphatic carbocycles. The Morgan fingerprint density at radius 1 is 1.05 bits per heavy atom. The van der Waals surface area contributed by atoms with Crippen LogP contribution in [0, 0.1) is 0 Å². The number of nitrogens with two attached hydrogens (primary N) is 1.